The highest BCUT2D eigenvalue weighted by Crippen LogP contribution is 2.10. The van der Waals surface area contributed by atoms with Crippen LogP contribution in [0.5, 0.6) is 0 Å². The molecule has 0 fully saturated rings. The Morgan fingerprint density at radius 2 is 1.57 bits per heavy atom. The predicted molar refractivity (Wildman–Crippen MR) is 44.4 cm³/mol. The van der Waals surface area contributed by atoms with Gasteiger partial charge in [0.05, 0.1) is 14.2 Å². The number of esters is 2. The largest absolute Gasteiger partial charge is 0.481 e. The number of hydrogen-bond acceptors (Lipinski definition) is 5. The van der Waals surface area contributed by atoms with Crippen LogP contribution in [0.3, 0.4) is 0 Å². The maximum absolute atomic E-state index is 11.0. The molecule has 0 aromatic carbocycles. The van der Waals surface area contributed by atoms with E-state index in [1.165, 1.54) is 0 Å². The van der Waals surface area contributed by atoms with E-state index in [1.807, 2.05) is 0 Å². The quantitative estimate of drug-likeness (QED) is 0.493. The van der Waals surface area contributed by atoms with E-state index >= 15 is 0 Å². The van der Waals surface area contributed by atoms with Crippen molar-refractivity contribution in [2.45, 2.75) is 12.8 Å². The maximum Gasteiger partial charge on any atom is 0.320 e. The van der Waals surface area contributed by atoms with Gasteiger partial charge >= 0.3 is 17.9 Å². The highest BCUT2D eigenvalue weighted by Gasteiger charge is 2.28. The van der Waals surface area contributed by atoms with Crippen LogP contribution >= 0.6 is 0 Å². The van der Waals surface area contributed by atoms with E-state index < -0.39 is 23.8 Å². The van der Waals surface area contributed by atoms with Gasteiger partial charge in [-0.25, -0.2) is 0 Å². The SMILES string of the molecule is COC(=O)C(CCC(=O)O)C(=O)OC. The number of hydrogen-bond donors (Lipinski definition) is 1. The third kappa shape index (κ3) is 3.88. The van der Waals surface area contributed by atoms with Gasteiger partial charge < -0.3 is 14.6 Å². The minimum Gasteiger partial charge on any atom is -0.481 e. The highest BCUT2D eigenvalue weighted by atomic mass is 16.5. The summed E-state index contributed by atoms with van der Waals surface area (Å²) in [6, 6.07) is 0. The molecule has 0 heterocycles. The molecule has 0 aromatic rings. The molecule has 0 radical (unpaired) electrons. The number of rotatable bonds is 5. The van der Waals surface area contributed by atoms with Crippen LogP contribution in [-0.2, 0) is 23.9 Å². The normalized spacial score (nSPS) is 9.64. The Hall–Kier alpha value is -1.59. The minimum absolute atomic E-state index is 0.116. The second kappa shape index (κ2) is 5.95. The monoisotopic (exact) mass is 204 g/mol. The summed E-state index contributed by atoms with van der Waals surface area (Å²) >= 11 is 0. The first-order valence-corrected chi connectivity index (χ1v) is 3.90. The molecule has 0 aliphatic carbocycles. The van der Waals surface area contributed by atoms with Gasteiger partial charge in [-0.05, 0) is 6.42 Å². The summed E-state index contributed by atoms with van der Waals surface area (Å²) in [7, 11) is 2.25. The Morgan fingerprint density at radius 1 is 1.14 bits per heavy atom. The third-order valence-electron chi connectivity index (χ3n) is 1.62. The van der Waals surface area contributed by atoms with Crippen molar-refractivity contribution in [2.24, 2.45) is 5.92 Å². The summed E-state index contributed by atoms with van der Waals surface area (Å²) in [5.41, 5.74) is 0. The molecule has 6 nitrogen and oxygen atoms in total. The summed E-state index contributed by atoms with van der Waals surface area (Å²) < 4.78 is 8.67. The van der Waals surface area contributed by atoms with Crippen molar-refractivity contribution in [2.75, 3.05) is 14.2 Å². The van der Waals surface area contributed by atoms with Crippen LogP contribution in [0.1, 0.15) is 12.8 Å². The number of carboxylic acids is 1. The molecule has 0 bridgehead atoms. The number of ether oxygens (including phenoxy) is 2. The number of aliphatic carboxylic acids is 1. The zero-order valence-corrected chi connectivity index (χ0v) is 7.98. The lowest BCUT2D eigenvalue weighted by Gasteiger charge is -2.10. The summed E-state index contributed by atoms with van der Waals surface area (Å²) in [5.74, 6) is -3.79. The summed E-state index contributed by atoms with van der Waals surface area (Å²) in [5, 5.41) is 8.37. The average Bonchev–Trinajstić information content (AvgIpc) is 2.16. The number of carbonyl (C=O) groups excluding carboxylic acids is 2. The van der Waals surface area contributed by atoms with Gasteiger partial charge in [0, 0.05) is 6.42 Å². The van der Waals surface area contributed by atoms with Crippen molar-refractivity contribution in [1.82, 2.24) is 0 Å². The first kappa shape index (κ1) is 12.4. The summed E-state index contributed by atoms with van der Waals surface area (Å²) in [6.45, 7) is 0. The Kier molecular flexibility index (Phi) is 5.28. The summed E-state index contributed by atoms with van der Waals surface area (Å²) in [6.07, 6.45) is -0.399. The standard InChI is InChI=1S/C8H12O6/c1-13-7(11)5(8(12)14-2)3-4-6(9)10/h5H,3-4H2,1-2H3,(H,9,10). The highest BCUT2D eigenvalue weighted by molar-refractivity contribution is 5.95. The molecule has 0 aliphatic heterocycles. The smallest absolute Gasteiger partial charge is 0.320 e. The van der Waals surface area contributed by atoms with Gasteiger partial charge in [-0.3, -0.25) is 14.4 Å². The van der Waals surface area contributed by atoms with Gasteiger partial charge in [-0.2, -0.15) is 0 Å². The fraction of sp³-hybridized carbons (Fsp3) is 0.625. The van der Waals surface area contributed by atoms with Gasteiger partial charge in [-0.15, -0.1) is 0 Å². The lowest BCUT2D eigenvalue weighted by Crippen LogP contribution is -2.27. The molecular formula is C8H12O6. The third-order valence-corrected chi connectivity index (χ3v) is 1.62. The molecule has 0 saturated heterocycles. The van der Waals surface area contributed by atoms with Crippen LogP contribution in [0, 0.1) is 5.92 Å². The zero-order valence-electron chi connectivity index (χ0n) is 7.98. The topological polar surface area (TPSA) is 89.9 Å². The Balaban J connectivity index is 4.32. The maximum atomic E-state index is 11.0. The van der Waals surface area contributed by atoms with Gasteiger partial charge in [0.15, 0.2) is 5.92 Å². The van der Waals surface area contributed by atoms with Crippen LogP contribution in [0.25, 0.3) is 0 Å². The molecule has 80 valence electrons. The molecule has 0 atom stereocenters. The fourth-order valence-electron chi connectivity index (χ4n) is 0.884. The minimum atomic E-state index is -1.15. The van der Waals surface area contributed by atoms with Crippen LogP contribution in [0.2, 0.25) is 0 Å². The number of carboxylic acid groups (broad SMARTS) is 1. The molecule has 0 saturated carbocycles. The molecule has 0 unspecified atom stereocenters. The van der Waals surface area contributed by atoms with Crippen molar-refractivity contribution < 1.29 is 29.0 Å². The van der Waals surface area contributed by atoms with E-state index in [0.29, 0.717) is 0 Å². The van der Waals surface area contributed by atoms with Crippen molar-refractivity contribution >= 4 is 17.9 Å². The molecule has 0 amide bonds. The average molecular weight is 204 g/mol. The van der Waals surface area contributed by atoms with Crippen molar-refractivity contribution in [1.29, 1.82) is 0 Å². The van der Waals surface area contributed by atoms with Crippen LogP contribution < -0.4 is 0 Å². The molecule has 0 aromatic heterocycles. The van der Waals surface area contributed by atoms with Gasteiger partial charge in [0.1, 0.15) is 0 Å². The van der Waals surface area contributed by atoms with E-state index in [0.717, 1.165) is 14.2 Å². The van der Waals surface area contributed by atoms with E-state index in [9.17, 15) is 14.4 Å². The van der Waals surface area contributed by atoms with Crippen molar-refractivity contribution in [3.05, 3.63) is 0 Å². The molecule has 6 heteroatoms. The lowest BCUT2D eigenvalue weighted by molar-refractivity contribution is -0.159. The molecular weight excluding hydrogens is 192 g/mol. The van der Waals surface area contributed by atoms with Gasteiger partial charge in [0.2, 0.25) is 0 Å². The van der Waals surface area contributed by atoms with Gasteiger partial charge in [-0.1, -0.05) is 0 Å². The van der Waals surface area contributed by atoms with Crippen molar-refractivity contribution in [3.8, 4) is 0 Å². The first-order valence-electron chi connectivity index (χ1n) is 3.90. The Bertz CT molecular complexity index is 218. The number of carbonyl (C=O) groups is 3. The van der Waals surface area contributed by atoms with Crippen molar-refractivity contribution in [3.63, 3.8) is 0 Å². The van der Waals surface area contributed by atoms with E-state index in [1.54, 1.807) is 0 Å². The molecule has 1 N–H and O–H groups in total. The van der Waals surface area contributed by atoms with E-state index in [-0.39, 0.29) is 12.8 Å². The number of methoxy groups -OCH3 is 2. The second-order valence-corrected chi connectivity index (χ2v) is 2.53. The Labute approximate surface area is 80.8 Å². The van der Waals surface area contributed by atoms with Crippen LogP contribution in [-0.4, -0.2) is 37.2 Å². The first-order chi connectivity index (χ1) is 6.52. The van der Waals surface area contributed by atoms with Crippen LogP contribution in [0.4, 0.5) is 0 Å². The summed E-state index contributed by atoms with van der Waals surface area (Å²) in [4.78, 5) is 32.2. The van der Waals surface area contributed by atoms with E-state index in [2.05, 4.69) is 9.47 Å². The van der Waals surface area contributed by atoms with Crippen LogP contribution in [0.15, 0.2) is 0 Å². The zero-order chi connectivity index (χ0) is 11.1. The van der Waals surface area contributed by atoms with Gasteiger partial charge in [0.25, 0.3) is 0 Å². The predicted octanol–water partition coefficient (Wildman–Crippen LogP) is -0.187. The second-order valence-electron chi connectivity index (χ2n) is 2.53. The molecule has 0 rings (SSSR count). The molecule has 0 spiro atoms. The fourth-order valence-corrected chi connectivity index (χ4v) is 0.884. The molecule has 14 heavy (non-hydrogen) atoms. The molecule has 0 aliphatic rings. The lowest BCUT2D eigenvalue weighted by atomic mass is 10.0. The Morgan fingerprint density at radius 3 is 1.86 bits per heavy atom. The van der Waals surface area contributed by atoms with E-state index in [4.69, 9.17) is 5.11 Å².